The topological polar surface area (TPSA) is 436 Å². The summed E-state index contributed by atoms with van der Waals surface area (Å²) in [6.07, 6.45) is -44.5. The normalized spacial score (nSPS) is 51.0. The van der Waals surface area contributed by atoms with Gasteiger partial charge in [0, 0.05) is 6.92 Å². The average Bonchev–Trinajstić information content (AvgIpc) is 3.21. The molecule has 5 saturated heterocycles. The first kappa shape index (κ1) is 48.5. The van der Waals surface area contributed by atoms with E-state index in [2.05, 4.69) is 5.32 Å². The predicted octanol–water partition coefficient (Wildman–Crippen LogP) is -11.8. The minimum Gasteiger partial charge on any atom is -0.394 e. The summed E-state index contributed by atoms with van der Waals surface area (Å²) in [5, 5.41) is 170. The van der Waals surface area contributed by atoms with E-state index in [1.54, 1.807) is 0 Å². The van der Waals surface area contributed by atoms with Crippen molar-refractivity contribution in [2.24, 2.45) is 0 Å². The van der Waals surface area contributed by atoms with Crippen LogP contribution in [0, 0.1) is 0 Å². The van der Waals surface area contributed by atoms with E-state index in [1.807, 2.05) is 0 Å². The first-order chi connectivity index (χ1) is 27.9. The largest absolute Gasteiger partial charge is 0.394 e. The Bertz CT molecular complexity index is 1320. The molecule has 0 spiro atoms. The average molecular weight is 870 g/mol. The zero-order chi connectivity index (χ0) is 43.6. The molecule has 1 amide bonds. The van der Waals surface area contributed by atoms with Crippen molar-refractivity contribution in [3.8, 4) is 0 Å². The zero-order valence-corrected chi connectivity index (χ0v) is 31.2. The van der Waals surface area contributed by atoms with Crippen molar-refractivity contribution in [2.75, 3.05) is 33.0 Å². The second kappa shape index (κ2) is 20.8. The third kappa shape index (κ3) is 10.3. The van der Waals surface area contributed by atoms with Crippen molar-refractivity contribution in [3.63, 3.8) is 0 Å². The molecule has 0 saturated carbocycles. The Hall–Kier alpha value is -1.53. The van der Waals surface area contributed by atoms with Crippen molar-refractivity contribution in [3.05, 3.63) is 0 Å². The molecule has 0 radical (unpaired) electrons. The quantitative estimate of drug-likeness (QED) is 0.0770. The van der Waals surface area contributed by atoms with Crippen LogP contribution in [0.4, 0.5) is 0 Å². The van der Waals surface area contributed by atoms with Crippen LogP contribution < -0.4 is 5.32 Å². The number of aliphatic hydroxyl groups excluding tert-OH is 16. The van der Waals surface area contributed by atoms with Crippen molar-refractivity contribution >= 4 is 5.91 Å². The molecule has 17 N–H and O–H groups in total. The minimum absolute atomic E-state index is 0.689. The van der Waals surface area contributed by atoms with E-state index in [0.717, 1.165) is 6.92 Å². The van der Waals surface area contributed by atoms with Gasteiger partial charge in [-0.15, -0.1) is 0 Å². The molecule has 25 atom stereocenters. The number of amides is 1. The van der Waals surface area contributed by atoms with Crippen molar-refractivity contribution < 1.29 is 129 Å². The molecule has 344 valence electrons. The highest BCUT2D eigenvalue weighted by molar-refractivity contribution is 5.73. The Morgan fingerprint density at radius 1 is 0.441 bits per heavy atom. The van der Waals surface area contributed by atoms with Crippen molar-refractivity contribution in [2.45, 2.75) is 160 Å². The number of hydrogen-bond acceptors (Lipinski definition) is 26. The molecule has 0 aromatic carbocycles. The van der Waals surface area contributed by atoms with Crippen LogP contribution in [0.5, 0.6) is 0 Å². The van der Waals surface area contributed by atoms with E-state index in [0.29, 0.717) is 0 Å². The monoisotopic (exact) mass is 869 g/mol. The standard InChI is InChI=1S/C32H55NO26/c1-7(38)33-13-17(42)25(10(4-36)52-28(13)50)57-31-23(48)20(45)26(11(5-37)55-31)58-32-24(49)27(59-30-22(47)19(44)15(40)9(3-35)54-30)16(41)12(56-32)6-51-29-21(46)18(43)14(39)8(2-34)53-29/h8-32,34-37,39-50H,2-6H2,1H3,(H,33,38)/t8-,9-,10-,11-,12-,13-,14-,15-,16-,17-,18+,19+,20-,21+,22+,23-,24+,25-,26-,27+,28?,29+,30-,31+,32+/m1/s1. The Morgan fingerprint density at radius 3 is 1.37 bits per heavy atom. The first-order valence-electron chi connectivity index (χ1n) is 18.6. The molecule has 5 aliphatic rings. The van der Waals surface area contributed by atoms with Gasteiger partial charge in [0.25, 0.3) is 0 Å². The molecule has 5 rings (SSSR count). The number of rotatable bonds is 14. The van der Waals surface area contributed by atoms with Gasteiger partial charge in [-0.1, -0.05) is 0 Å². The number of hydrogen-bond donors (Lipinski definition) is 17. The molecule has 59 heavy (non-hydrogen) atoms. The number of nitrogens with one attached hydrogen (secondary N) is 1. The number of carbonyl (C=O) groups excluding carboxylic acids is 1. The fourth-order valence-electron chi connectivity index (χ4n) is 7.33. The molecule has 0 aromatic rings. The summed E-state index contributed by atoms with van der Waals surface area (Å²) in [5.74, 6) is -0.689. The third-order valence-corrected chi connectivity index (χ3v) is 10.7. The van der Waals surface area contributed by atoms with Gasteiger partial charge in [-0.05, 0) is 0 Å². The summed E-state index contributed by atoms with van der Waals surface area (Å²) in [4.78, 5) is 11.7. The van der Waals surface area contributed by atoms with Gasteiger partial charge in [-0.3, -0.25) is 4.79 Å². The van der Waals surface area contributed by atoms with E-state index >= 15 is 0 Å². The molecular weight excluding hydrogens is 814 g/mol. The van der Waals surface area contributed by atoms with Gasteiger partial charge >= 0.3 is 0 Å². The van der Waals surface area contributed by atoms with E-state index in [1.165, 1.54) is 0 Å². The van der Waals surface area contributed by atoms with E-state index in [4.69, 9.17) is 42.6 Å². The molecule has 27 nitrogen and oxygen atoms in total. The molecule has 5 aliphatic heterocycles. The maximum Gasteiger partial charge on any atom is 0.217 e. The smallest absolute Gasteiger partial charge is 0.217 e. The van der Waals surface area contributed by atoms with Gasteiger partial charge in [0.15, 0.2) is 31.5 Å². The summed E-state index contributed by atoms with van der Waals surface area (Å²) in [6, 6.07) is -1.49. The van der Waals surface area contributed by atoms with Gasteiger partial charge in [0.1, 0.15) is 122 Å². The van der Waals surface area contributed by atoms with Gasteiger partial charge in [0.05, 0.1) is 33.0 Å². The van der Waals surface area contributed by atoms with E-state index in [-0.39, 0.29) is 0 Å². The minimum atomic E-state index is -2.17. The lowest BCUT2D eigenvalue weighted by Gasteiger charge is -2.49. The Labute approximate surface area is 333 Å². The summed E-state index contributed by atoms with van der Waals surface area (Å²) in [5.41, 5.74) is 0. The summed E-state index contributed by atoms with van der Waals surface area (Å²) < 4.78 is 49.9. The fourth-order valence-corrected chi connectivity index (χ4v) is 7.33. The fraction of sp³-hybridized carbons (Fsp3) is 0.969. The maximum absolute atomic E-state index is 11.7. The Morgan fingerprint density at radius 2 is 0.847 bits per heavy atom. The van der Waals surface area contributed by atoms with Crippen LogP contribution in [0.1, 0.15) is 6.92 Å². The van der Waals surface area contributed by atoms with Crippen LogP contribution in [0.3, 0.4) is 0 Å². The second-order valence-electron chi connectivity index (χ2n) is 14.7. The van der Waals surface area contributed by atoms with Crippen LogP contribution >= 0.6 is 0 Å². The third-order valence-electron chi connectivity index (χ3n) is 10.7. The SMILES string of the molecule is CC(=O)N[C@H]1C(O)O[C@H](CO)[C@@H](O[C@@H]2O[C@H](CO)[C@@H](O[C@@H]3O[C@H](CO[C@H]4O[C@H](CO)[C@@H](O)[C@H](O)[C@@H]4O)[C@@H](O)[C@H](O[C@H]4O[C@H](CO)[C@@H](O)[C@H](O)[C@@H]4O)[C@@H]3O)[C@H](O)[C@H]2O)[C@@H]1O. The van der Waals surface area contributed by atoms with Crippen LogP contribution in [0.2, 0.25) is 0 Å². The van der Waals surface area contributed by atoms with Gasteiger partial charge in [-0.25, -0.2) is 0 Å². The number of ether oxygens (including phenoxy) is 9. The molecule has 1 unspecified atom stereocenters. The molecule has 0 aliphatic carbocycles. The second-order valence-corrected chi connectivity index (χ2v) is 14.7. The first-order valence-corrected chi connectivity index (χ1v) is 18.6. The van der Waals surface area contributed by atoms with Crippen LogP contribution in [0.25, 0.3) is 0 Å². The van der Waals surface area contributed by atoms with Gasteiger partial charge in [-0.2, -0.15) is 0 Å². The maximum atomic E-state index is 11.7. The van der Waals surface area contributed by atoms with Crippen LogP contribution in [-0.2, 0) is 47.4 Å². The Kier molecular flexibility index (Phi) is 17.1. The number of aliphatic hydroxyl groups is 16. The molecule has 0 aromatic heterocycles. The highest BCUT2D eigenvalue weighted by atomic mass is 16.8. The lowest BCUT2D eigenvalue weighted by atomic mass is 9.95. The van der Waals surface area contributed by atoms with Gasteiger partial charge in [0.2, 0.25) is 5.91 Å². The molecule has 5 fully saturated rings. The van der Waals surface area contributed by atoms with Gasteiger partial charge < -0.3 is 130 Å². The Balaban J connectivity index is 1.36. The lowest BCUT2D eigenvalue weighted by molar-refractivity contribution is -0.389. The van der Waals surface area contributed by atoms with Crippen LogP contribution in [-0.4, -0.2) is 274 Å². The van der Waals surface area contributed by atoms with E-state index < -0.39 is 192 Å². The molecular formula is C32H55NO26. The van der Waals surface area contributed by atoms with E-state index in [9.17, 15) is 86.5 Å². The van der Waals surface area contributed by atoms with Crippen molar-refractivity contribution in [1.82, 2.24) is 5.32 Å². The summed E-state index contributed by atoms with van der Waals surface area (Å²) >= 11 is 0. The highest BCUT2D eigenvalue weighted by Gasteiger charge is 2.56. The van der Waals surface area contributed by atoms with Crippen LogP contribution in [0.15, 0.2) is 0 Å². The molecule has 5 heterocycles. The summed E-state index contributed by atoms with van der Waals surface area (Å²) in [6.45, 7) is -3.32. The lowest BCUT2D eigenvalue weighted by Crippen LogP contribution is -2.68. The van der Waals surface area contributed by atoms with Crippen molar-refractivity contribution in [1.29, 1.82) is 0 Å². The molecule has 0 bridgehead atoms. The predicted molar refractivity (Wildman–Crippen MR) is 178 cm³/mol. The highest BCUT2D eigenvalue weighted by Crippen LogP contribution is 2.35. The summed E-state index contributed by atoms with van der Waals surface area (Å²) in [7, 11) is 0. The molecule has 27 heteroatoms. The number of carbonyl (C=O) groups is 1. The zero-order valence-electron chi connectivity index (χ0n) is 31.2.